The summed E-state index contributed by atoms with van der Waals surface area (Å²) in [7, 11) is 0. The van der Waals surface area contributed by atoms with Gasteiger partial charge in [-0.05, 0) is 32.3 Å². The van der Waals surface area contributed by atoms with E-state index in [2.05, 4.69) is 50.9 Å². The van der Waals surface area contributed by atoms with Crippen molar-refractivity contribution >= 4 is 0 Å². The predicted molar refractivity (Wildman–Crippen MR) is 65.2 cm³/mol. The van der Waals surface area contributed by atoms with Crippen LogP contribution in [0.15, 0.2) is 36.1 Å². The number of nitrogens with one attached hydrogen (secondary N) is 1. The minimum absolute atomic E-state index is 0.406. The molecule has 0 saturated heterocycles. The maximum atomic E-state index is 3.88. The van der Waals surface area contributed by atoms with E-state index in [1.54, 1.807) is 0 Å². The summed E-state index contributed by atoms with van der Waals surface area (Å²) in [5, 5.41) is 3.39. The predicted octanol–water partition coefficient (Wildman–Crippen LogP) is 3.80. The van der Waals surface area contributed by atoms with Gasteiger partial charge >= 0.3 is 0 Å². The highest BCUT2D eigenvalue weighted by Gasteiger charge is 2.07. The van der Waals surface area contributed by atoms with Gasteiger partial charge in [0.05, 0.1) is 6.04 Å². The van der Waals surface area contributed by atoms with Crippen LogP contribution in [-0.2, 0) is 0 Å². The Hall–Kier alpha value is -0.980. The lowest BCUT2D eigenvalue weighted by Gasteiger charge is -2.19. The number of hydrogen-bond donors (Lipinski definition) is 1. The zero-order valence-corrected chi connectivity index (χ0v) is 9.93. The molecule has 1 nitrogen and oxygen atoms in total. The summed E-state index contributed by atoms with van der Waals surface area (Å²) in [5.41, 5.74) is 2.39. The van der Waals surface area contributed by atoms with Crippen molar-refractivity contribution < 1.29 is 0 Å². The van der Waals surface area contributed by atoms with Gasteiger partial charge in [0.25, 0.3) is 0 Å². The fourth-order valence-corrected chi connectivity index (χ4v) is 1.47. The van der Waals surface area contributed by atoms with Gasteiger partial charge < -0.3 is 5.32 Å². The molecule has 0 fully saturated rings. The Balaban J connectivity index is 4.58. The summed E-state index contributed by atoms with van der Waals surface area (Å²) < 4.78 is 0. The molecule has 0 aromatic carbocycles. The summed E-state index contributed by atoms with van der Waals surface area (Å²) >= 11 is 0. The molecular formula is C13H23N. The molecule has 0 aromatic heterocycles. The van der Waals surface area contributed by atoms with Gasteiger partial charge in [0.2, 0.25) is 0 Å². The van der Waals surface area contributed by atoms with Crippen LogP contribution in [0.2, 0.25) is 0 Å². The van der Waals surface area contributed by atoms with E-state index in [9.17, 15) is 0 Å². The first-order chi connectivity index (χ1) is 6.65. The molecule has 0 saturated carbocycles. The topological polar surface area (TPSA) is 12.0 Å². The molecule has 1 unspecified atom stereocenters. The maximum absolute atomic E-state index is 3.88. The quantitative estimate of drug-likeness (QED) is 0.633. The van der Waals surface area contributed by atoms with Gasteiger partial charge in [0.15, 0.2) is 0 Å². The van der Waals surface area contributed by atoms with Crippen LogP contribution in [0.3, 0.4) is 0 Å². The monoisotopic (exact) mass is 193 g/mol. The van der Waals surface area contributed by atoms with Crippen molar-refractivity contribution in [2.24, 2.45) is 0 Å². The molecule has 0 aliphatic heterocycles. The van der Waals surface area contributed by atoms with E-state index in [1.807, 2.05) is 6.92 Å². The molecule has 14 heavy (non-hydrogen) atoms. The zero-order valence-electron chi connectivity index (χ0n) is 9.93. The standard InChI is InChI=1S/C13H23N/c1-6-9-12(10-7-2)13(8-3)14-11(4)5/h6,9-10,13-14H,4,7-8H2,1-3,5H3/b9-6-,12-10-. The second-order valence-electron chi connectivity index (χ2n) is 3.50. The SMILES string of the molecule is C=C(C)NC(CC)C(/C=C\C)=C\CC. The molecule has 1 N–H and O–H groups in total. The van der Waals surface area contributed by atoms with Gasteiger partial charge in [-0.3, -0.25) is 0 Å². The van der Waals surface area contributed by atoms with E-state index in [1.165, 1.54) is 5.57 Å². The molecule has 0 aliphatic rings. The first-order valence-corrected chi connectivity index (χ1v) is 5.40. The van der Waals surface area contributed by atoms with Crippen molar-refractivity contribution in [3.63, 3.8) is 0 Å². The summed E-state index contributed by atoms with van der Waals surface area (Å²) in [5.74, 6) is 0. The van der Waals surface area contributed by atoms with Gasteiger partial charge in [0.1, 0.15) is 0 Å². The van der Waals surface area contributed by atoms with Crippen molar-refractivity contribution in [1.29, 1.82) is 0 Å². The molecule has 1 atom stereocenters. The average Bonchev–Trinajstić information content (AvgIpc) is 2.13. The van der Waals surface area contributed by atoms with Crippen molar-refractivity contribution in [2.45, 2.75) is 46.6 Å². The highest BCUT2D eigenvalue weighted by Crippen LogP contribution is 2.10. The smallest absolute Gasteiger partial charge is 0.0504 e. The lowest BCUT2D eigenvalue weighted by Crippen LogP contribution is -2.27. The second kappa shape index (κ2) is 7.43. The van der Waals surface area contributed by atoms with E-state index in [0.717, 1.165) is 18.5 Å². The summed E-state index contributed by atoms with van der Waals surface area (Å²) in [6.07, 6.45) is 8.69. The van der Waals surface area contributed by atoms with Gasteiger partial charge in [-0.2, -0.15) is 0 Å². The zero-order chi connectivity index (χ0) is 11.0. The molecule has 1 heteroatoms. The summed E-state index contributed by atoms with van der Waals surface area (Å²) in [6.45, 7) is 12.3. The van der Waals surface area contributed by atoms with Crippen LogP contribution in [0.4, 0.5) is 0 Å². The summed E-state index contributed by atoms with van der Waals surface area (Å²) in [4.78, 5) is 0. The van der Waals surface area contributed by atoms with E-state index < -0.39 is 0 Å². The van der Waals surface area contributed by atoms with Crippen LogP contribution in [-0.4, -0.2) is 6.04 Å². The second-order valence-corrected chi connectivity index (χ2v) is 3.50. The summed E-state index contributed by atoms with van der Waals surface area (Å²) in [6, 6.07) is 0.406. The van der Waals surface area contributed by atoms with Crippen molar-refractivity contribution in [1.82, 2.24) is 5.32 Å². The highest BCUT2D eigenvalue weighted by atomic mass is 14.9. The van der Waals surface area contributed by atoms with Crippen LogP contribution in [0.1, 0.15) is 40.5 Å². The largest absolute Gasteiger partial charge is 0.382 e. The molecule has 0 aromatic rings. The van der Waals surface area contributed by atoms with E-state index in [4.69, 9.17) is 0 Å². The number of allylic oxidation sites excluding steroid dienone is 3. The molecule has 0 bridgehead atoms. The first-order valence-electron chi connectivity index (χ1n) is 5.40. The molecule has 0 aliphatic carbocycles. The Morgan fingerprint density at radius 3 is 2.43 bits per heavy atom. The molecule has 0 radical (unpaired) electrons. The lowest BCUT2D eigenvalue weighted by molar-refractivity contribution is 0.628. The van der Waals surface area contributed by atoms with Crippen molar-refractivity contribution in [2.75, 3.05) is 0 Å². The molecule has 0 spiro atoms. The van der Waals surface area contributed by atoms with E-state index >= 15 is 0 Å². The Bertz CT molecular complexity index is 223. The number of hydrogen-bond acceptors (Lipinski definition) is 1. The maximum Gasteiger partial charge on any atom is 0.0504 e. The van der Waals surface area contributed by atoms with Crippen molar-refractivity contribution in [3.8, 4) is 0 Å². The first kappa shape index (κ1) is 13.0. The van der Waals surface area contributed by atoms with Gasteiger partial charge in [-0.25, -0.2) is 0 Å². The normalized spacial score (nSPS) is 14.4. The molecular weight excluding hydrogens is 170 g/mol. The van der Waals surface area contributed by atoms with Crippen molar-refractivity contribution in [3.05, 3.63) is 36.1 Å². The van der Waals surface area contributed by atoms with E-state index in [0.29, 0.717) is 6.04 Å². The average molecular weight is 193 g/mol. The number of rotatable bonds is 6. The minimum atomic E-state index is 0.406. The van der Waals surface area contributed by atoms with Crippen LogP contribution < -0.4 is 5.32 Å². The van der Waals surface area contributed by atoms with Gasteiger partial charge in [-0.15, -0.1) is 0 Å². The van der Waals surface area contributed by atoms with Crippen LogP contribution in [0, 0.1) is 0 Å². The van der Waals surface area contributed by atoms with Gasteiger partial charge in [0, 0.05) is 5.70 Å². The third kappa shape index (κ3) is 4.90. The Kier molecular flexibility index (Phi) is 6.91. The molecule has 0 amide bonds. The third-order valence-corrected chi connectivity index (χ3v) is 2.03. The fourth-order valence-electron chi connectivity index (χ4n) is 1.47. The Morgan fingerprint density at radius 1 is 1.43 bits per heavy atom. The Morgan fingerprint density at radius 2 is 2.07 bits per heavy atom. The van der Waals surface area contributed by atoms with Crippen LogP contribution in [0.5, 0.6) is 0 Å². The van der Waals surface area contributed by atoms with Crippen LogP contribution in [0.25, 0.3) is 0 Å². The van der Waals surface area contributed by atoms with E-state index in [-0.39, 0.29) is 0 Å². The lowest BCUT2D eigenvalue weighted by atomic mass is 10.0. The van der Waals surface area contributed by atoms with Crippen LogP contribution >= 0.6 is 0 Å². The fraction of sp³-hybridized carbons (Fsp3) is 0.538. The highest BCUT2D eigenvalue weighted by molar-refractivity contribution is 5.25. The molecule has 80 valence electrons. The molecule has 0 rings (SSSR count). The van der Waals surface area contributed by atoms with Gasteiger partial charge in [-0.1, -0.05) is 38.7 Å². The molecule has 0 heterocycles. The minimum Gasteiger partial charge on any atom is -0.382 e. The third-order valence-electron chi connectivity index (χ3n) is 2.03. The Labute approximate surface area is 88.6 Å².